The first-order valence-corrected chi connectivity index (χ1v) is 9.64. The molecule has 2 fully saturated rings. The summed E-state index contributed by atoms with van der Waals surface area (Å²) < 4.78 is 28.4. The highest BCUT2D eigenvalue weighted by atomic mass is 32.2. The zero-order valence-corrected chi connectivity index (χ0v) is 13.2. The van der Waals surface area contributed by atoms with Gasteiger partial charge in [-0.05, 0) is 26.2 Å². The number of sulfone groups is 1. The molecular formula is C12H17N3O4S2. The van der Waals surface area contributed by atoms with E-state index in [9.17, 15) is 13.2 Å². The second kappa shape index (κ2) is 5.60. The van der Waals surface area contributed by atoms with Crippen LogP contribution in [0, 0.1) is 0 Å². The highest BCUT2D eigenvalue weighted by molar-refractivity contribution is 8.00. The maximum absolute atomic E-state index is 11.8. The molecule has 1 aliphatic carbocycles. The van der Waals surface area contributed by atoms with Gasteiger partial charge in [-0.25, -0.2) is 8.42 Å². The van der Waals surface area contributed by atoms with Crippen molar-refractivity contribution in [2.45, 2.75) is 48.6 Å². The molecule has 9 heteroatoms. The minimum atomic E-state index is -2.98. The molecule has 2 heterocycles. The van der Waals surface area contributed by atoms with Crippen LogP contribution in [0.4, 0.5) is 0 Å². The molecule has 1 saturated carbocycles. The first-order chi connectivity index (χ1) is 9.93. The van der Waals surface area contributed by atoms with Crippen LogP contribution in [0.3, 0.4) is 0 Å². The number of hydrogen-bond donors (Lipinski definition) is 1. The summed E-state index contributed by atoms with van der Waals surface area (Å²) in [6.45, 7) is 1.78. The van der Waals surface area contributed by atoms with E-state index in [1.165, 1.54) is 11.8 Å². The summed E-state index contributed by atoms with van der Waals surface area (Å²) in [4.78, 5) is 11.8. The molecule has 1 aliphatic heterocycles. The Morgan fingerprint density at radius 1 is 1.38 bits per heavy atom. The van der Waals surface area contributed by atoms with Crippen LogP contribution in [0.15, 0.2) is 9.64 Å². The van der Waals surface area contributed by atoms with Gasteiger partial charge in [-0.1, -0.05) is 11.8 Å². The van der Waals surface area contributed by atoms with Crippen molar-refractivity contribution in [2.24, 2.45) is 0 Å². The maximum atomic E-state index is 11.8. The van der Waals surface area contributed by atoms with Crippen molar-refractivity contribution >= 4 is 27.5 Å². The molecule has 2 atom stereocenters. The third kappa shape index (κ3) is 3.76. The average Bonchev–Trinajstić information content (AvgIpc) is 2.97. The van der Waals surface area contributed by atoms with Gasteiger partial charge in [-0.3, -0.25) is 4.79 Å². The summed E-state index contributed by atoms with van der Waals surface area (Å²) in [5.41, 5.74) is 0. The van der Waals surface area contributed by atoms with Crippen molar-refractivity contribution in [3.05, 3.63) is 5.89 Å². The lowest BCUT2D eigenvalue weighted by Crippen LogP contribution is -2.32. The predicted octanol–water partition coefficient (Wildman–Crippen LogP) is 0.731. The van der Waals surface area contributed by atoms with Crippen LogP contribution in [0.25, 0.3) is 0 Å². The number of thioether (sulfide) groups is 1. The van der Waals surface area contributed by atoms with Gasteiger partial charge in [0, 0.05) is 6.04 Å². The Morgan fingerprint density at radius 3 is 2.76 bits per heavy atom. The first kappa shape index (κ1) is 14.8. The van der Waals surface area contributed by atoms with Crippen LogP contribution in [0.2, 0.25) is 0 Å². The fourth-order valence-corrected chi connectivity index (χ4v) is 4.61. The van der Waals surface area contributed by atoms with Gasteiger partial charge in [0.2, 0.25) is 11.8 Å². The van der Waals surface area contributed by atoms with Gasteiger partial charge in [0.1, 0.15) is 0 Å². The van der Waals surface area contributed by atoms with Gasteiger partial charge in [-0.2, -0.15) is 0 Å². The molecular weight excluding hydrogens is 314 g/mol. The minimum Gasteiger partial charge on any atom is -0.416 e. The minimum absolute atomic E-state index is 0.0364. The molecule has 0 spiro atoms. The van der Waals surface area contributed by atoms with Crippen molar-refractivity contribution in [3.8, 4) is 0 Å². The molecule has 1 aromatic rings. The van der Waals surface area contributed by atoms with Crippen molar-refractivity contribution < 1.29 is 17.6 Å². The van der Waals surface area contributed by atoms with Crippen LogP contribution in [0.5, 0.6) is 0 Å². The first-order valence-electron chi connectivity index (χ1n) is 6.94. The van der Waals surface area contributed by atoms with Gasteiger partial charge in [-0.15, -0.1) is 10.2 Å². The van der Waals surface area contributed by atoms with Gasteiger partial charge < -0.3 is 9.73 Å². The number of hydrogen-bond acceptors (Lipinski definition) is 7. The molecule has 2 aliphatic rings. The maximum Gasteiger partial charge on any atom is 0.277 e. The molecule has 0 radical (unpaired) electrons. The van der Waals surface area contributed by atoms with E-state index in [0.717, 1.165) is 12.8 Å². The summed E-state index contributed by atoms with van der Waals surface area (Å²) in [5.74, 6) is 0.339. The molecule has 3 rings (SSSR count). The molecule has 21 heavy (non-hydrogen) atoms. The fourth-order valence-electron chi connectivity index (χ4n) is 2.17. The van der Waals surface area contributed by atoms with E-state index in [-0.39, 0.29) is 28.6 Å². The molecule has 0 bridgehead atoms. The Labute approximate surface area is 127 Å². The summed E-state index contributed by atoms with van der Waals surface area (Å²) in [6.07, 6.45) is 2.61. The lowest BCUT2D eigenvalue weighted by molar-refractivity contribution is -0.120. The number of carbonyl (C=O) groups is 1. The summed E-state index contributed by atoms with van der Waals surface area (Å²) in [6, 6.07) is 0.322. The number of rotatable bonds is 5. The van der Waals surface area contributed by atoms with Gasteiger partial charge in [0.25, 0.3) is 5.22 Å². The Hall–Kier alpha value is -1.09. The summed E-state index contributed by atoms with van der Waals surface area (Å²) >= 11 is 1.20. The highest BCUT2D eigenvalue weighted by Crippen LogP contribution is 2.31. The Kier molecular flexibility index (Phi) is 3.96. The highest BCUT2D eigenvalue weighted by Gasteiger charge is 2.33. The van der Waals surface area contributed by atoms with E-state index in [0.29, 0.717) is 23.6 Å². The predicted molar refractivity (Wildman–Crippen MR) is 76.8 cm³/mol. The lowest BCUT2D eigenvalue weighted by Gasteiger charge is -2.08. The van der Waals surface area contributed by atoms with Gasteiger partial charge in [0.15, 0.2) is 9.84 Å². The van der Waals surface area contributed by atoms with E-state index in [4.69, 9.17) is 4.42 Å². The smallest absolute Gasteiger partial charge is 0.277 e. The van der Waals surface area contributed by atoms with E-state index >= 15 is 0 Å². The average molecular weight is 331 g/mol. The number of nitrogens with one attached hydrogen (secondary N) is 1. The topological polar surface area (TPSA) is 102 Å². The van der Waals surface area contributed by atoms with Crippen molar-refractivity contribution in [1.29, 1.82) is 0 Å². The van der Waals surface area contributed by atoms with Crippen molar-refractivity contribution in [3.63, 3.8) is 0 Å². The number of aromatic nitrogens is 2. The van der Waals surface area contributed by atoms with Crippen LogP contribution >= 0.6 is 11.8 Å². The monoisotopic (exact) mass is 331 g/mol. The third-order valence-electron chi connectivity index (χ3n) is 3.57. The summed E-state index contributed by atoms with van der Waals surface area (Å²) in [7, 11) is -2.98. The lowest BCUT2D eigenvalue weighted by atomic mass is 10.1. The standard InChI is InChI=1S/C12H17N3O4S2/c1-7(10(16)13-9-2-3-9)20-12-15-14-11(19-12)8-4-5-21(17,18)6-8/h7-9H,2-6H2,1H3,(H,13,16)/t7-,8+/m0/s1. The quantitative estimate of drug-likeness (QED) is 0.793. The Balaban J connectivity index is 1.58. The van der Waals surface area contributed by atoms with Crippen molar-refractivity contribution in [1.82, 2.24) is 15.5 Å². The number of nitrogens with zero attached hydrogens (tertiary/aromatic N) is 2. The zero-order chi connectivity index (χ0) is 15.0. The summed E-state index contributed by atoms with van der Waals surface area (Å²) in [5, 5.41) is 10.7. The molecule has 1 amide bonds. The Bertz CT molecular complexity index is 639. The zero-order valence-electron chi connectivity index (χ0n) is 11.6. The van der Waals surface area contributed by atoms with Crippen LogP contribution in [0.1, 0.15) is 38.0 Å². The fraction of sp³-hybridized carbons (Fsp3) is 0.750. The number of carbonyl (C=O) groups excluding carboxylic acids is 1. The van der Waals surface area contributed by atoms with E-state index in [2.05, 4.69) is 15.5 Å². The second-order valence-electron chi connectivity index (χ2n) is 5.55. The van der Waals surface area contributed by atoms with Crippen LogP contribution in [-0.4, -0.2) is 47.3 Å². The Morgan fingerprint density at radius 2 is 2.14 bits per heavy atom. The third-order valence-corrected chi connectivity index (χ3v) is 6.28. The molecule has 1 aromatic heterocycles. The number of amides is 1. The van der Waals surface area contributed by atoms with Crippen LogP contribution in [-0.2, 0) is 14.6 Å². The molecule has 7 nitrogen and oxygen atoms in total. The normalized spacial score (nSPS) is 25.7. The molecule has 0 aromatic carbocycles. The molecule has 0 unspecified atom stereocenters. The second-order valence-corrected chi connectivity index (χ2v) is 9.07. The molecule has 1 saturated heterocycles. The van der Waals surface area contributed by atoms with Gasteiger partial charge >= 0.3 is 0 Å². The molecule has 116 valence electrons. The van der Waals surface area contributed by atoms with E-state index in [1.54, 1.807) is 6.92 Å². The van der Waals surface area contributed by atoms with E-state index in [1.807, 2.05) is 0 Å². The largest absolute Gasteiger partial charge is 0.416 e. The molecule has 1 N–H and O–H groups in total. The van der Waals surface area contributed by atoms with E-state index < -0.39 is 9.84 Å². The van der Waals surface area contributed by atoms with Crippen molar-refractivity contribution in [2.75, 3.05) is 11.5 Å². The van der Waals surface area contributed by atoms with Crippen LogP contribution < -0.4 is 5.32 Å². The van der Waals surface area contributed by atoms with Gasteiger partial charge in [0.05, 0.1) is 22.7 Å². The SMILES string of the molecule is C[C@H](Sc1nnc([C@@H]2CCS(=O)(=O)C2)o1)C(=O)NC1CC1.